The van der Waals surface area contributed by atoms with E-state index >= 15 is 0 Å². The standard InChI is InChI=1S/C23H23N5O3S/c1-4-31-18-8-6-17(7-9-18)27-11-12-28-21(22(27)30)25-26-23(28)32-14-20(29)24-19-10-5-15(2)13-16(19)3/h5-13H,4,14H2,1-3H3,(H,24,29). The second-order valence-electron chi connectivity index (χ2n) is 7.23. The number of anilines is 1. The number of ether oxygens (including phenoxy) is 1. The number of hydrogen-bond donors (Lipinski definition) is 1. The molecule has 4 aromatic rings. The molecule has 0 aliphatic carbocycles. The zero-order chi connectivity index (χ0) is 22.7. The average molecular weight is 450 g/mol. The first kappa shape index (κ1) is 21.6. The summed E-state index contributed by atoms with van der Waals surface area (Å²) in [6, 6.07) is 13.1. The van der Waals surface area contributed by atoms with E-state index in [0.717, 1.165) is 22.6 Å². The predicted molar refractivity (Wildman–Crippen MR) is 125 cm³/mol. The number of aromatic nitrogens is 4. The largest absolute Gasteiger partial charge is 0.494 e. The fourth-order valence-electron chi connectivity index (χ4n) is 3.31. The van der Waals surface area contributed by atoms with Gasteiger partial charge in [-0.25, -0.2) is 0 Å². The molecule has 164 valence electrons. The van der Waals surface area contributed by atoms with E-state index in [1.165, 1.54) is 16.3 Å². The summed E-state index contributed by atoms with van der Waals surface area (Å²) < 4.78 is 8.55. The lowest BCUT2D eigenvalue weighted by Gasteiger charge is -2.09. The number of fused-ring (bicyclic) bond motifs is 1. The van der Waals surface area contributed by atoms with Crippen LogP contribution in [0.5, 0.6) is 5.75 Å². The summed E-state index contributed by atoms with van der Waals surface area (Å²) in [5, 5.41) is 11.5. The van der Waals surface area contributed by atoms with Gasteiger partial charge in [-0.1, -0.05) is 29.5 Å². The summed E-state index contributed by atoms with van der Waals surface area (Å²) in [7, 11) is 0. The summed E-state index contributed by atoms with van der Waals surface area (Å²) >= 11 is 1.22. The molecule has 0 radical (unpaired) electrons. The van der Waals surface area contributed by atoms with Crippen LogP contribution in [-0.2, 0) is 4.79 Å². The summed E-state index contributed by atoms with van der Waals surface area (Å²) in [4.78, 5) is 25.3. The van der Waals surface area contributed by atoms with Gasteiger partial charge in [0.1, 0.15) is 5.75 Å². The van der Waals surface area contributed by atoms with E-state index in [1.54, 1.807) is 16.8 Å². The SMILES string of the molecule is CCOc1ccc(-n2ccn3c(SCC(=O)Nc4ccc(C)cc4C)nnc3c2=O)cc1. The molecule has 0 saturated heterocycles. The van der Waals surface area contributed by atoms with E-state index in [1.807, 2.05) is 63.2 Å². The summed E-state index contributed by atoms with van der Waals surface area (Å²) in [6.45, 7) is 6.46. The van der Waals surface area contributed by atoms with Crippen molar-refractivity contribution in [1.82, 2.24) is 19.2 Å². The zero-order valence-corrected chi connectivity index (χ0v) is 18.8. The lowest BCUT2D eigenvalue weighted by Crippen LogP contribution is -2.20. The Labute approximate surface area is 189 Å². The van der Waals surface area contributed by atoms with Gasteiger partial charge in [0.15, 0.2) is 5.16 Å². The minimum atomic E-state index is -0.296. The molecule has 8 nitrogen and oxygen atoms in total. The minimum absolute atomic E-state index is 0.149. The highest BCUT2D eigenvalue weighted by molar-refractivity contribution is 7.99. The number of rotatable bonds is 7. The first-order valence-corrected chi connectivity index (χ1v) is 11.1. The molecular formula is C23H23N5O3S. The predicted octanol–water partition coefficient (Wildman–Crippen LogP) is 3.63. The van der Waals surface area contributed by atoms with Crippen molar-refractivity contribution in [2.75, 3.05) is 17.7 Å². The monoisotopic (exact) mass is 449 g/mol. The number of nitrogens with one attached hydrogen (secondary N) is 1. The fraction of sp³-hybridized carbons (Fsp3) is 0.217. The molecule has 0 spiro atoms. The van der Waals surface area contributed by atoms with Crippen LogP contribution in [0.4, 0.5) is 5.69 Å². The van der Waals surface area contributed by atoms with Gasteiger partial charge in [0.2, 0.25) is 11.6 Å². The lowest BCUT2D eigenvalue weighted by atomic mass is 10.1. The molecule has 9 heteroatoms. The molecular weight excluding hydrogens is 426 g/mol. The van der Waals surface area contributed by atoms with Crippen LogP contribution in [0.25, 0.3) is 11.3 Å². The number of benzene rings is 2. The van der Waals surface area contributed by atoms with Gasteiger partial charge in [-0.15, -0.1) is 10.2 Å². The first-order valence-electron chi connectivity index (χ1n) is 10.2. The van der Waals surface area contributed by atoms with E-state index in [4.69, 9.17) is 4.74 Å². The van der Waals surface area contributed by atoms with Crippen molar-refractivity contribution >= 4 is 29.0 Å². The second kappa shape index (κ2) is 9.27. The molecule has 0 aliphatic rings. The van der Waals surface area contributed by atoms with Crippen LogP contribution in [0.2, 0.25) is 0 Å². The molecule has 2 aromatic heterocycles. The maximum Gasteiger partial charge on any atom is 0.300 e. The molecule has 1 N–H and O–H groups in total. The number of thioether (sulfide) groups is 1. The number of carbonyl (C=O) groups is 1. The van der Waals surface area contributed by atoms with E-state index < -0.39 is 0 Å². The van der Waals surface area contributed by atoms with Gasteiger partial charge in [-0.2, -0.15) is 0 Å². The third-order valence-corrected chi connectivity index (χ3v) is 5.80. The fourth-order valence-corrected chi connectivity index (χ4v) is 4.02. The van der Waals surface area contributed by atoms with Gasteiger partial charge >= 0.3 is 5.56 Å². The quantitative estimate of drug-likeness (QED) is 0.434. The van der Waals surface area contributed by atoms with Crippen molar-refractivity contribution in [2.45, 2.75) is 25.9 Å². The van der Waals surface area contributed by atoms with E-state index in [-0.39, 0.29) is 22.9 Å². The smallest absolute Gasteiger partial charge is 0.300 e. The van der Waals surface area contributed by atoms with Crippen LogP contribution in [0.15, 0.2) is 64.8 Å². The van der Waals surface area contributed by atoms with Crippen molar-refractivity contribution < 1.29 is 9.53 Å². The number of amides is 1. The highest BCUT2D eigenvalue weighted by atomic mass is 32.2. The molecule has 0 bridgehead atoms. The highest BCUT2D eigenvalue weighted by Gasteiger charge is 2.14. The number of nitrogens with zero attached hydrogens (tertiary/aromatic N) is 4. The van der Waals surface area contributed by atoms with Gasteiger partial charge in [0, 0.05) is 23.8 Å². The normalized spacial score (nSPS) is 11.0. The molecule has 0 unspecified atom stereocenters. The Morgan fingerprint density at radius 3 is 2.59 bits per heavy atom. The third kappa shape index (κ3) is 4.52. The maximum absolute atomic E-state index is 12.9. The molecule has 0 fully saturated rings. The topological polar surface area (TPSA) is 90.5 Å². The Kier molecular flexibility index (Phi) is 6.27. The molecule has 2 aromatic carbocycles. The van der Waals surface area contributed by atoms with Crippen molar-refractivity contribution in [2.24, 2.45) is 0 Å². The Bertz CT molecular complexity index is 1330. The lowest BCUT2D eigenvalue weighted by molar-refractivity contribution is -0.113. The molecule has 1 amide bonds. The third-order valence-electron chi connectivity index (χ3n) is 4.85. The van der Waals surface area contributed by atoms with Gasteiger partial charge in [-0.3, -0.25) is 18.6 Å². The second-order valence-corrected chi connectivity index (χ2v) is 8.17. The first-order chi connectivity index (χ1) is 15.5. The van der Waals surface area contributed by atoms with Crippen LogP contribution in [0, 0.1) is 13.8 Å². The van der Waals surface area contributed by atoms with Crippen molar-refractivity contribution in [3.05, 3.63) is 76.3 Å². The molecule has 2 heterocycles. The van der Waals surface area contributed by atoms with Gasteiger partial charge in [0.05, 0.1) is 12.4 Å². The number of carbonyl (C=O) groups excluding carboxylic acids is 1. The molecule has 0 aliphatic heterocycles. The highest BCUT2D eigenvalue weighted by Crippen LogP contribution is 2.20. The maximum atomic E-state index is 12.9. The number of hydrogen-bond acceptors (Lipinski definition) is 6. The zero-order valence-electron chi connectivity index (χ0n) is 18.0. The van der Waals surface area contributed by atoms with Gasteiger partial charge in [0.25, 0.3) is 0 Å². The molecule has 32 heavy (non-hydrogen) atoms. The Balaban J connectivity index is 1.49. The molecule has 0 atom stereocenters. The van der Waals surface area contributed by atoms with Crippen LogP contribution >= 0.6 is 11.8 Å². The molecule has 4 rings (SSSR count). The Morgan fingerprint density at radius 1 is 1.09 bits per heavy atom. The van der Waals surface area contributed by atoms with Crippen LogP contribution < -0.4 is 15.6 Å². The van der Waals surface area contributed by atoms with Crippen molar-refractivity contribution in [3.63, 3.8) is 0 Å². The van der Waals surface area contributed by atoms with Gasteiger partial charge < -0.3 is 10.1 Å². The van der Waals surface area contributed by atoms with Gasteiger partial charge in [-0.05, 0) is 56.7 Å². The average Bonchev–Trinajstić information content (AvgIpc) is 3.19. The Hall–Kier alpha value is -3.59. The summed E-state index contributed by atoms with van der Waals surface area (Å²) in [5.74, 6) is 0.739. The van der Waals surface area contributed by atoms with E-state index in [2.05, 4.69) is 15.5 Å². The van der Waals surface area contributed by atoms with E-state index in [9.17, 15) is 9.59 Å². The summed E-state index contributed by atoms with van der Waals surface area (Å²) in [5.41, 5.74) is 3.53. The molecule has 0 saturated carbocycles. The van der Waals surface area contributed by atoms with E-state index in [0.29, 0.717) is 17.5 Å². The number of aryl methyl sites for hydroxylation is 2. The van der Waals surface area contributed by atoms with Crippen molar-refractivity contribution in [1.29, 1.82) is 0 Å². The van der Waals surface area contributed by atoms with Crippen LogP contribution in [-0.4, -0.2) is 37.4 Å². The van der Waals surface area contributed by atoms with Crippen LogP contribution in [0.1, 0.15) is 18.1 Å². The summed E-state index contributed by atoms with van der Waals surface area (Å²) in [6.07, 6.45) is 3.38. The minimum Gasteiger partial charge on any atom is -0.494 e. The van der Waals surface area contributed by atoms with Crippen LogP contribution in [0.3, 0.4) is 0 Å². The Morgan fingerprint density at radius 2 is 1.88 bits per heavy atom. The van der Waals surface area contributed by atoms with Crippen molar-refractivity contribution in [3.8, 4) is 11.4 Å².